The Morgan fingerprint density at radius 1 is 1.45 bits per heavy atom. The summed E-state index contributed by atoms with van der Waals surface area (Å²) < 4.78 is 5.38. The lowest BCUT2D eigenvalue weighted by Gasteiger charge is -2.11. The molecule has 2 N–H and O–H groups in total. The number of nitrogens with zero attached hydrogens (tertiary/aromatic N) is 1. The van der Waals surface area contributed by atoms with E-state index >= 15 is 0 Å². The summed E-state index contributed by atoms with van der Waals surface area (Å²) in [5, 5.41) is 6.91. The van der Waals surface area contributed by atoms with Gasteiger partial charge in [0.05, 0.1) is 11.6 Å². The number of hydrogen-bond acceptors (Lipinski definition) is 4. The van der Waals surface area contributed by atoms with E-state index in [0.29, 0.717) is 41.5 Å². The molecule has 1 amide bonds. The molecule has 0 radical (unpaired) electrons. The van der Waals surface area contributed by atoms with Gasteiger partial charge < -0.3 is 15.4 Å². The molecule has 2 heterocycles. The lowest BCUT2D eigenvalue weighted by Crippen LogP contribution is -2.34. The van der Waals surface area contributed by atoms with Gasteiger partial charge in [0.25, 0.3) is 0 Å². The number of ether oxygens (including phenoxy) is 1. The fourth-order valence-electron chi connectivity index (χ4n) is 2.07. The van der Waals surface area contributed by atoms with E-state index < -0.39 is 0 Å². The van der Waals surface area contributed by atoms with Crippen LogP contribution >= 0.6 is 48.0 Å². The quantitative estimate of drug-likeness (QED) is 0.733. The van der Waals surface area contributed by atoms with Crippen LogP contribution in [0.5, 0.6) is 5.88 Å². The fraction of sp³-hybridized carbons (Fsp3) is 0.538. The van der Waals surface area contributed by atoms with E-state index in [2.05, 4.69) is 15.6 Å². The molecule has 1 aliphatic heterocycles. The first-order valence-corrected chi connectivity index (χ1v) is 7.34. The first-order valence-electron chi connectivity index (χ1n) is 6.59. The molecular formula is C13H19Cl4N3O2. The normalized spacial score (nSPS) is 16.4. The van der Waals surface area contributed by atoms with E-state index in [1.807, 2.05) is 0 Å². The molecule has 9 heteroatoms. The van der Waals surface area contributed by atoms with Crippen LogP contribution < -0.4 is 15.4 Å². The summed E-state index contributed by atoms with van der Waals surface area (Å²) in [5.41, 5.74) is 0. The molecule has 1 atom stereocenters. The van der Waals surface area contributed by atoms with Gasteiger partial charge in [0.1, 0.15) is 11.6 Å². The Labute approximate surface area is 152 Å². The van der Waals surface area contributed by atoms with Crippen molar-refractivity contribution < 1.29 is 9.53 Å². The molecule has 22 heavy (non-hydrogen) atoms. The summed E-state index contributed by atoms with van der Waals surface area (Å²) in [5.74, 6) is 0.353. The molecule has 1 aromatic rings. The van der Waals surface area contributed by atoms with E-state index in [-0.39, 0.29) is 30.7 Å². The van der Waals surface area contributed by atoms with Gasteiger partial charge in [-0.05, 0) is 25.5 Å². The zero-order valence-corrected chi connectivity index (χ0v) is 15.0. The summed E-state index contributed by atoms with van der Waals surface area (Å²) in [6, 6.07) is 1.87. The van der Waals surface area contributed by atoms with Crippen molar-refractivity contribution >= 4 is 53.9 Å². The van der Waals surface area contributed by atoms with E-state index in [4.69, 9.17) is 27.9 Å². The van der Waals surface area contributed by atoms with Crippen molar-refractivity contribution in [3.8, 4) is 5.88 Å². The van der Waals surface area contributed by atoms with E-state index in [9.17, 15) is 4.79 Å². The van der Waals surface area contributed by atoms with Gasteiger partial charge in [-0.15, -0.1) is 24.8 Å². The van der Waals surface area contributed by atoms with Crippen molar-refractivity contribution in [1.29, 1.82) is 0 Å². The second-order valence-electron chi connectivity index (χ2n) is 4.64. The number of hydrogen-bond donors (Lipinski definition) is 2. The van der Waals surface area contributed by atoms with Crippen LogP contribution in [0.3, 0.4) is 0 Å². The summed E-state index contributed by atoms with van der Waals surface area (Å²) in [6.45, 7) is 1.74. The maximum Gasteiger partial charge on any atom is 0.232 e. The summed E-state index contributed by atoms with van der Waals surface area (Å²) >= 11 is 11.7. The second-order valence-corrected chi connectivity index (χ2v) is 5.48. The van der Waals surface area contributed by atoms with Gasteiger partial charge >= 0.3 is 0 Å². The highest BCUT2D eigenvalue weighted by Gasteiger charge is 2.17. The van der Waals surface area contributed by atoms with Crippen LogP contribution in [0.15, 0.2) is 12.3 Å². The molecule has 2 rings (SSSR count). The predicted molar refractivity (Wildman–Crippen MR) is 92.9 cm³/mol. The summed E-state index contributed by atoms with van der Waals surface area (Å²) in [6.07, 6.45) is 4.18. The molecule has 0 spiro atoms. The van der Waals surface area contributed by atoms with Crippen molar-refractivity contribution in [3.05, 3.63) is 22.3 Å². The number of carbonyl (C=O) groups excluding carboxylic acids is 1. The number of halogens is 4. The van der Waals surface area contributed by atoms with Crippen LogP contribution in [-0.2, 0) is 4.79 Å². The zero-order chi connectivity index (χ0) is 14.4. The number of pyridine rings is 1. The van der Waals surface area contributed by atoms with E-state index in [0.717, 1.165) is 19.4 Å². The molecule has 0 aromatic carbocycles. The van der Waals surface area contributed by atoms with Crippen LogP contribution in [0.25, 0.3) is 0 Å². The van der Waals surface area contributed by atoms with Crippen LogP contribution in [0, 0.1) is 0 Å². The maximum absolute atomic E-state index is 11.7. The fourth-order valence-corrected chi connectivity index (χ4v) is 2.51. The number of nitrogens with one attached hydrogen (secondary N) is 2. The topological polar surface area (TPSA) is 63.2 Å². The number of rotatable bonds is 6. The van der Waals surface area contributed by atoms with Crippen molar-refractivity contribution in [3.63, 3.8) is 0 Å². The predicted octanol–water partition coefficient (Wildman–Crippen LogP) is 2.87. The van der Waals surface area contributed by atoms with Crippen LogP contribution in [0.4, 0.5) is 0 Å². The lowest BCUT2D eigenvalue weighted by atomic mass is 10.1. The first kappa shape index (κ1) is 21.5. The molecule has 1 fully saturated rings. The monoisotopic (exact) mass is 389 g/mol. The standard InChI is InChI=1S/C13H17Cl2N3O2.2ClH/c14-9-6-11(15)13(18-8-9)20-5-4-17-12(19)7-10-2-1-3-16-10;;/h6,8,10,16H,1-5,7H2,(H,17,19);2*1H. The van der Waals surface area contributed by atoms with Crippen molar-refractivity contribution in [2.24, 2.45) is 0 Å². The zero-order valence-electron chi connectivity index (χ0n) is 11.8. The molecule has 5 nitrogen and oxygen atoms in total. The van der Waals surface area contributed by atoms with Gasteiger partial charge in [0.15, 0.2) is 0 Å². The van der Waals surface area contributed by atoms with Crippen molar-refractivity contribution in [2.75, 3.05) is 19.7 Å². The molecule has 1 aliphatic rings. The number of amides is 1. The van der Waals surface area contributed by atoms with Crippen molar-refractivity contribution in [2.45, 2.75) is 25.3 Å². The minimum Gasteiger partial charge on any atom is -0.475 e. The van der Waals surface area contributed by atoms with Gasteiger partial charge in [0.2, 0.25) is 11.8 Å². The Hall–Kier alpha value is -0.460. The van der Waals surface area contributed by atoms with Gasteiger partial charge in [-0.3, -0.25) is 4.79 Å². The third kappa shape index (κ3) is 7.20. The Balaban J connectivity index is 0.00000220. The van der Waals surface area contributed by atoms with Gasteiger partial charge in [-0.2, -0.15) is 0 Å². The molecule has 0 bridgehead atoms. The lowest BCUT2D eigenvalue weighted by molar-refractivity contribution is -0.121. The number of carbonyl (C=O) groups is 1. The summed E-state index contributed by atoms with van der Waals surface area (Å²) in [7, 11) is 0. The smallest absolute Gasteiger partial charge is 0.232 e. The highest BCUT2D eigenvalue weighted by atomic mass is 35.5. The van der Waals surface area contributed by atoms with E-state index in [1.54, 1.807) is 6.07 Å². The molecule has 1 unspecified atom stereocenters. The molecule has 0 saturated carbocycles. The first-order chi connectivity index (χ1) is 9.65. The molecule has 1 saturated heterocycles. The van der Waals surface area contributed by atoms with Crippen LogP contribution in [-0.4, -0.2) is 36.6 Å². The minimum atomic E-state index is 0. The third-order valence-corrected chi connectivity index (χ3v) is 3.51. The van der Waals surface area contributed by atoms with Crippen LogP contribution in [0.1, 0.15) is 19.3 Å². The largest absolute Gasteiger partial charge is 0.475 e. The van der Waals surface area contributed by atoms with Gasteiger partial charge in [-0.1, -0.05) is 23.2 Å². The highest BCUT2D eigenvalue weighted by Crippen LogP contribution is 2.24. The second kappa shape index (κ2) is 11.1. The Kier molecular flexibility index (Phi) is 10.9. The average Bonchev–Trinajstić information content (AvgIpc) is 2.89. The van der Waals surface area contributed by atoms with Gasteiger partial charge in [-0.25, -0.2) is 4.98 Å². The maximum atomic E-state index is 11.7. The summed E-state index contributed by atoms with van der Waals surface area (Å²) in [4.78, 5) is 15.6. The third-order valence-electron chi connectivity index (χ3n) is 3.03. The van der Waals surface area contributed by atoms with Crippen molar-refractivity contribution in [1.82, 2.24) is 15.6 Å². The molecule has 1 aromatic heterocycles. The molecule has 0 aliphatic carbocycles. The van der Waals surface area contributed by atoms with E-state index in [1.165, 1.54) is 6.20 Å². The average molecular weight is 391 g/mol. The Bertz CT molecular complexity index is 471. The Morgan fingerprint density at radius 3 is 2.86 bits per heavy atom. The van der Waals surface area contributed by atoms with Crippen LogP contribution in [0.2, 0.25) is 10.0 Å². The SMILES string of the molecule is Cl.Cl.O=C(CC1CCCN1)NCCOc1ncc(Cl)cc1Cl. The minimum absolute atomic E-state index is 0. The van der Waals surface area contributed by atoms with Gasteiger partial charge in [0, 0.05) is 18.7 Å². The molecular weight excluding hydrogens is 372 g/mol. The molecule has 126 valence electrons. The Morgan fingerprint density at radius 2 is 2.23 bits per heavy atom. The highest BCUT2D eigenvalue weighted by molar-refractivity contribution is 6.35. The number of aromatic nitrogens is 1.